The highest BCUT2D eigenvalue weighted by Crippen LogP contribution is 2.41. The molecule has 0 bridgehead atoms. The Hall–Kier alpha value is -3.12. The van der Waals surface area contributed by atoms with Gasteiger partial charge in [-0.2, -0.15) is 5.26 Å². The number of nitriles is 1. The lowest BCUT2D eigenvalue weighted by Crippen LogP contribution is -2.40. The van der Waals surface area contributed by atoms with Crippen LogP contribution in [0.2, 0.25) is 0 Å². The third kappa shape index (κ3) is 2.99. The van der Waals surface area contributed by atoms with Gasteiger partial charge in [0, 0.05) is 25.2 Å². The Labute approximate surface area is 171 Å². The number of aromatic nitrogens is 1. The van der Waals surface area contributed by atoms with Crippen molar-refractivity contribution < 1.29 is 19.0 Å². The highest BCUT2D eigenvalue weighted by molar-refractivity contribution is 5.92. The van der Waals surface area contributed by atoms with Crippen LogP contribution in [0.1, 0.15) is 37.3 Å². The lowest BCUT2D eigenvalue weighted by atomic mass is 9.94. The normalized spacial score (nSPS) is 23.3. The van der Waals surface area contributed by atoms with Gasteiger partial charge in [0.25, 0.3) is 0 Å². The number of carboxylic acid groups (broad SMARTS) is 1. The minimum Gasteiger partial charge on any atom is -0.449 e. The van der Waals surface area contributed by atoms with Crippen molar-refractivity contribution in [1.82, 2.24) is 9.88 Å². The van der Waals surface area contributed by atoms with Crippen LogP contribution in [-0.2, 0) is 0 Å². The summed E-state index contributed by atoms with van der Waals surface area (Å²) in [6.07, 6.45) is 3.53. The Balaban J connectivity index is 1.71. The monoisotopic (exact) mass is 412 g/mol. The highest BCUT2D eigenvalue weighted by atomic mass is 19.1. The number of ether oxygens (including phenoxy) is 1. The number of nitrogens with zero attached hydrogens (tertiary/aromatic N) is 3. The maximum absolute atomic E-state index is 15.3. The molecule has 2 aromatic rings. The van der Waals surface area contributed by atoms with E-state index in [1.165, 1.54) is 6.20 Å². The van der Waals surface area contributed by atoms with Crippen LogP contribution in [0.5, 0.6) is 5.75 Å². The summed E-state index contributed by atoms with van der Waals surface area (Å²) < 4.78 is 21.6. The van der Waals surface area contributed by atoms with Crippen molar-refractivity contribution >= 4 is 22.7 Å². The topological polar surface area (TPSA) is 108 Å². The van der Waals surface area contributed by atoms with Crippen molar-refractivity contribution in [3.63, 3.8) is 0 Å². The molecule has 1 saturated carbocycles. The predicted octanol–water partition coefficient (Wildman–Crippen LogP) is 2.59. The Morgan fingerprint density at radius 1 is 1.33 bits per heavy atom. The van der Waals surface area contributed by atoms with Crippen LogP contribution in [0, 0.1) is 23.1 Å². The molecule has 3 aliphatic rings. The van der Waals surface area contributed by atoms with E-state index in [0.29, 0.717) is 24.5 Å². The molecule has 2 N–H and O–H groups in total. The van der Waals surface area contributed by atoms with Crippen LogP contribution in [0.4, 0.5) is 14.9 Å². The summed E-state index contributed by atoms with van der Waals surface area (Å²) in [5.74, 6) is -0.628. The van der Waals surface area contributed by atoms with Crippen molar-refractivity contribution in [2.24, 2.45) is 5.92 Å². The Morgan fingerprint density at radius 2 is 2.13 bits per heavy atom. The van der Waals surface area contributed by atoms with Crippen molar-refractivity contribution in [1.29, 1.82) is 5.26 Å². The van der Waals surface area contributed by atoms with E-state index in [2.05, 4.69) is 16.1 Å². The predicted molar refractivity (Wildman–Crippen MR) is 107 cm³/mol. The van der Waals surface area contributed by atoms with Crippen LogP contribution >= 0.6 is 0 Å². The van der Waals surface area contributed by atoms with E-state index < -0.39 is 17.4 Å². The third-order valence-corrected chi connectivity index (χ3v) is 6.37. The number of nitrogens with one attached hydrogen (secondary N) is 1. The number of hydrogen-bond donors (Lipinski definition) is 2. The first-order valence-electron chi connectivity index (χ1n) is 10.2. The second kappa shape index (κ2) is 6.99. The van der Waals surface area contributed by atoms with Crippen LogP contribution in [0.15, 0.2) is 17.1 Å². The number of benzene rings is 1. The van der Waals surface area contributed by atoms with Gasteiger partial charge < -0.3 is 24.6 Å². The molecule has 2 aliphatic heterocycles. The van der Waals surface area contributed by atoms with E-state index in [-0.39, 0.29) is 34.5 Å². The molecule has 156 valence electrons. The zero-order chi connectivity index (χ0) is 21.0. The summed E-state index contributed by atoms with van der Waals surface area (Å²) in [5.41, 5.74) is -0.0404. The van der Waals surface area contributed by atoms with Gasteiger partial charge in [-0.05, 0) is 44.2 Å². The zero-order valence-corrected chi connectivity index (χ0v) is 16.2. The van der Waals surface area contributed by atoms with Gasteiger partial charge in [-0.15, -0.1) is 0 Å². The van der Waals surface area contributed by atoms with Crippen molar-refractivity contribution in [3.05, 3.63) is 33.9 Å². The molecule has 3 heterocycles. The fraction of sp³-hybridized carbons (Fsp3) is 0.476. The molecule has 1 aromatic heterocycles. The molecule has 0 radical (unpaired) electrons. The standard InChI is InChI=1S/C21H21FN4O4/c22-15-6-13-18(26(12-3-4-12)10-17(20(13)27)30-21(28)29)14(7-23)19(15)25-8-11-2-1-5-24-16(11)9-25/h6,10-12,16,24H,1-5,8-9H2,(H,28,29)/t11-,16+/m0/s1. The molecular formula is C21H21FN4O4. The molecule has 30 heavy (non-hydrogen) atoms. The lowest BCUT2D eigenvalue weighted by molar-refractivity contribution is 0.143. The summed E-state index contributed by atoms with van der Waals surface area (Å²) in [5, 5.41) is 22.4. The minimum atomic E-state index is -1.61. The molecule has 1 aliphatic carbocycles. The average Bonchev–Trinajstić information content (AvgIpc) is 3.47. The molecule has 9 heteroatoms. The zero-order valence-electron chi connectivity index (χ0n) is 16.2. The number of anilines is 1. The van der Waals surface area contributed by atoms with E-state index in [4.69, 9.17) is 5.11 Å². The number of pyridine rings is 1. The highest BCUT2D eigenvalue weighted by Gasteiger charge is 2.37. The maximum atomic E-state index is 15.3. The van der Waals surface area contributed by atoms with Crippen LogP contribution < -0.4 is 20.4 Å². The number of halogens is 1. The first kappa shape index (κ1) is 18.9. The number of fused-ring (bicyclic) bond motifs is 2. The number of carbonyl (C=O) groups is 1. The maximum Gasteiger partial charge on any atom is 0.511 e. The molecule has 0 unspecified atom stereocenters. The Bertz CT molecular complexity index is 1140. The number of rotatable bonds is 3. The van der Waals surface area contributed by atoms with Crippen molar-refractivity contribution in [3.8, 4) is 11.8 Å². The summed E-state index contributed by atoms with van der Waals surface area (Å²) in [6.45, 7) is 2.20. The van der Waals surface area contributed by atoms with Crippen LogP contribution in [-0.4, -0.2) is 41.5 Å². The first-order chi connectivity index (χ1) is 14.5. The van der Waals surface area contributed by atoms with Crippen LogP contribution in [0.25, 0.3) is 10.9 Å². The molecule has 2 saturated heterocycles. The summed E-state index contributed by atoms with van der Waals surface area (Å²) in [6, 6.07) is 3.54. The molecule has 0 amide bonds. The molecular weight excluding hydrogens is 391 g/mol. The second-order valence-corrected chi connectivity index (χ2v) is 8.29. The van der Waals surface area contributed by atoms with Gasteiger partial charge in [0.2, 0.25) is 5.43 Å². The first-order valence-corrected chi connectivity index (χ1v) is 10.2. The smallest absolute Gasteiger partial charge is 0.449 e. The minimum absolute atomic E-state index is 0.0254. The van der Waals surface area contributed by atoms with E-state index in [1.54, 1.807) is 4.57 Å². The molecule has 0 spiro atoms. The van der Waals surface area contributed by atoms with Crippen LogP contribution in [0.3, 0.4) is 0 Å². The van der Waals surface area contributed by atoms with Gasteiger partial charge in [-0.1, -0.05) is 0 Å². The van der Waals surface area contributed by atoms with E-state index >= 15 is 4.39 Å². The third-order valence-electron chi connectivity index (χ3n) is 6.37. The van der Waals surface area contributed by atoms with E-state index in [1.807, 2.05) is 4.90 Å². The average molecular weight is 412 g/mol. The summed E-state index contributed by atoms with van der Waals surface area (Å²) >= 11 is 0. The SMILES string of the molecule is N#Cc1c(N2C[C@@H]3CCCN[C@@H]3C2)c(F)cc2c(=O)c(OC(=O)O)cn(C3CC3)c12. The van der Waals surface area contributed by atoms with E-state index in [9.17, 15) is 14.9 Å². The fourth-order valence-electron chi connectivity index (χ4n) is 4.91. The van der Waals surface area contributed by atoms with Gasteiger partial charge in [-0.3, -0.25) is 4.79 Å². The molecule has 3 fully saturated rings. The Morgan fingerprint density at radius 3 is 2.80 bits per heavy atom. The second-order valence-electron chi connectivity index (χ2n) is 8.29. The molecule has 2 atom stereocenters. The van der Waals surface area contributed by atoms with Crippen molar-refractivity contribution in [2.45, 2.75) is 37.8 Å². The fourth-order valence-corrected chi connectivity index (χ4v) is 4.91. The summed E-state index contributed by atoms with van der Waals surface area (Å²) in [4.78, 5) is 25.7. The molecule has 1 aromatic carbocycles. The van der Waals surface area contributed by atoms with E-state index in [0.717, 1.165) is 38.3 Å². The van der Waals surface area contributed by atoms with Crippen molar-refractivity contribution in [2.75, 3.05) is 24.5 Å². The van der Waals surface area contributed by atoms with Gasteiger partial charge in [-0.25, -0.2) is 9.18 Å². The van der Waals surface area contributed by atoms with Gasteiger partial charge in [0.1, 0.15) is 17.4 Å². The van der Waals surface area contributed by atoms with Gasteiger partial charge in [0.15, 0.2) is 5.75 Å². The summed E-state index contributed by atoms with van der Waals surface area (Å²) in [7, 11) is 0. The number of piperidine rings is 1. The largest absolute Gasteiger partial charge is 0.511 e. The molecule has 8 nitrogen and oxygen atoms in total. The lowest BCUT2D eigenvalue weighted by Gasteiger charge is -2.24. The quantitative estimate of drug-likeness (QED) is 0.746. The van der Waals surface area contributed by atoms with Gasteiger partial charge >= 0.3 is 6.16 Å². The molecule has 5 rings (SSSR count). The Kier molecular flexibility index (Phi) is 4.40. The number of hydrogen-bond acceptors (Lipinski definition) is 6. The van der Waals surface area contributed by atoms with Gasteiger partial charge in [0.05, 0.1) is 22.8 Å².